The third-order valence-electron chi connectivity index (χ3n) is 7.43. The number of benzene rings is 7. The van der Waals surface area contributed by atoms with Crippen LogP contribution >= 0.6 is 0 Å². The molecule has 0 N–H and O–H groups in total. The van der Waals surface area contributed by atoms with E-state index in [-0.39, 0.29) is 0 Å². The smallest absolute Gasteiger partial charge is 0.0546 e. The average Bonchev–Trinajstić information content (AvgIpc) is 3.02. The van der Waals surface area contributed by atoms with Gasteiger partial charge in [-0.2, -0.15) is 0 Å². The van der Waals surface area contributed by atoms with Crippen molar-refractivity contribution in [1.82, 2.24) is 0 Å². The minimum absolute atomic E-state index is 1.12. The second kappa shape index (κ2) is 9.96. The molecule has 7 aromatic rings. The van der Waals surface area contributed by atoms with Crippen molar-refractivity contribution in [1.29, 1.82) is 0 Å². The van der Waals surface area contributed by atoms with E-state index in [9.17, 15) is 0 Å². The van der Waals surface area contributed by atoms with Gasteiger partial charge in [0.1, 0.15) is 0 Å². The highest BCUT2D eigenvalue weighted by Crippen LogP contribution is 2.46. The molecule has 7 aromatic carbocycles. The number of fused-ring (bicyclic) bond motifs is 2. The summed E-state index contributed by atoms with van der Waals surface area (Å²) in [5, 5.41) is 4.97. The molecular formula is C38H27N. The molecule has 0 heterocycles. The van der Waals surface area contributed by atoms with Crippen LogP contribution in [-0.2, 0) is 0 Å². The quantitative estimate of drug-likeness (QED) is 0.229. The van der Waals surface area contributed by atoms with E-state index in [0.29, 0.717) is 0 Å². The first-order valence-corrected chi connectivity index (χ1v) is 13.4. The Morgan fingerprint density at radius 3 is 1.72 bits per heavy atom. The van der Waals surface area contributed by atoms with Gasteiger partial charge in [0.25, 0.3) is 0 Å². The fourth-order valence-electron chi connectivity index (χ4n) is 5.63. The van der Waals surface area contributed by atoms with Crippen LogP contribution in [0, 0.1) is 0 Å². The summed E-state index contributed by atoms with van der Waals surface area (Å²) in [7, 11) is 0. The minimum atomic E-state index is 1.12. The molecule has 0 atom stereocenters. The predicted molar refractivity (Wildman–Crippen MR) is 167 cm³/mol. The molecule has 1 nitrogen and oxygen atoms in total. The molecule has 0 fully saturated rings. The maximum absolute atomic E-state index is 2.40. The maximum atomic E-state index is 2.40. The molecular weight excluding hydrogens is 470 g/mol. The van der Waals surface area contributed by atoms with E-state index in [1.807, 2.05) is 0 Å². The SMILES string of the molecule is c1ccc(-c2cccc(N(c3ccccc3)c3ccc4ccccc4c3-c3cccc4ccccc34)c2)cc1. The zero-order chi connectivity index (χ0) is 26.0. The highest BCUT2D eigenvalue weighted by Gasteiger charge is 2.20. The van der Waals surface area contributed by atoms with Gasteiger partial charge in [0.15, 0.2) is 0 Å². The monoisotopic (exact) mass is 497 g/mol. The van der Waals surface area contributed by atoms with Gasteiger partial charge in [-0.25, -0.2) is 0 Å². The molecule has 0 aliphatic rings. The minimum Gasteiger partial charge on any atom is -0.310 e. The van der Waals surface area contributed by atoms with Gasteiger partial charge in [-0.05, 0) is 68.6 Å². The van der Waals surface area contributed by atoms with Crippen molar-refractivity contribution in [2.45, 2.75) is 0 Å². The fourth-order valence-corrected chi connectivity index (χ4v) is 5.63. The Bertz CT molecular complexity index is 1900. The molecule has 39 heavy (non-hydrogen) atoms. The van der Waals surface area contributed by atoms with Crippen LogP contribution in [0.5, 0.6) is 0 Å². The molecule has 0 unspecified atom stereocenters. The van der Waals surface area contributed by atoms with E-state index in [1.165, 1.54) is 43.8 Å². The lowest BCUT2D eigenvalue weighted by Gasteiger charge is -2.29. The Hall–Kier alpha value is -5.14. The summed E-state index contributed by atoms with van der Waals surface area (Å²) in [5.74, 6) is 0. The van der Waals surface area contributed by atoms with E-state index in [2.05, 4.69) is 169 Å². The van der Waals surface area contributed by atoms with Crippen LogP contribution in [0.4, 0.5) is 17.1 Å². The van der Waals surface area contributed by atoms with Crippen LogP contribution in [0.1, 0.15) is 0 Å². The average molecular weight is 498 g/mol. The fraction of sp³-hybridized carbons (Fsp3) is 0. The summed E-state index contributed by atoms with van der Waals surface area (Å²) in [6, 6.07) is 58.7. The zero-order valence-corrected chi connectivity index (χ0v) is 21.5. The third-order valence-corrected chi connectivity index (χ3v) is 7.43. The Morgan fingerprint density at radius 1 is 0.359 bits per heavy atom. The lowest BCUT2D eigenvalue weighted by Crippen LogP contribution is -2.11. The van der Waals surface area contributed by atoms with Crippen molar-refractivity contribution >= 4 is 38.6 Å². The van der Waals surface area contributed by atoms with Crippen LogP contribution < -0.4 is 4.90 Å². The summed E-state index contributed by atoms with van der Waals surface area (Å²) in [6.45, 7) is 0. The van der Waals surface area contributed by atoms with Crippen LogP contribution in [0.15, 0.2) is 164 Å². The lowest BCUT2D eigenvalue weighted by atomic mass is 9.91. The van der Waals surface area contributed by atoms with Crippen LogP contribution in [-0.4, -0.2) is 0 Å². The van der Waals surface area contributed by atoms with Gasteiger partial charge in [-0.15, -0.1) is 0 Å². The molecule has 7 rings (SSSR count). The summed E-state index contributed by atoms with van der Waals surface area (Å²) >= 11 is 0. The van der Waals surface area contributed by atoms with Gasteiger partial charge in [0.05, 0.1) is 5.69 Å². The lowest BCUT2D eigenvalue weighted by molar-refractivity contribution is 1.29. The van der Waals surface area contributed by atoms with Gasteiger partial charge >= 0.3 is 0 Å². The number of hydrogen-bond donors (Lipinski definition) is 0. The third kappa shape index (κ3) is 4.24. The molecule has 1 heteroatoms. The van der Waals surface area contributed by atoms with Gasteiger partial charge in [-0.3, -0.25) is 0 Å². The number of nitrogens with zero attached hydrogens (tertiary/aromatic N) is 1. The van der Waals surface area contributed by atoms with E-state index >= 15 is 0 Å². The van der Waals surface area contributed by atoms with Gasteiger partial charge in [0.2, 0.25) is 0 Å². The van der Waals surface area contributed by atoms with E-state index < -0.39 is 0 Å². The molecule has 0 aliphatic carbocycles. The Kier molecular flexibility index (Phi) is 5.88. The second-order valence-corrected chi connectivity index (χ2v) is 9.79. The molecule has 0 aromatic heterocycles. The predicted octanol–water partition coefficient (Wildman–Crippen LogP) is 10.8. The molecule has 0 amide bonds. The van der Waals surface area contributed by atoms with Gasteiger partial charge < -0.3 is 4.90 Å². The van der Waals surface area contributed by atoms with E-state index in [0.717, 1.165) is 17.1 Å². The molecule has 0 aliphatic heterocycles. The molecule has 0 spiro atoms. The summed E-state index contributed by atoms with van der Waals surface area (Å²) in [5.41, 5.74) is 8.28. The largest absolute Gasteiger partial charge is 0.310 e. The Labute approximate surface area is 229 Å². The van der Waals surface area contributed by atoms with Crippen LogP contribution in [0.2, 0.25) is 0 Å². The van der Waals surface area contributed by atoms with Crippen molar-refractivity contribution in [3.63, 3.8) is 0 Å². The van der Waals surface area contributed by atoms with Crippen molar-refractivity contribution in [2.24, 2.45) is 0 Å². The van der Waals surface area contributed by atoms with Gasteiger partial charge in [-0.1, -0.05) is 133 Å². The zero-order valence-electron chi connectivity index (χ0n) is 21.5. The number of rotatable bonds is 5. The normalized spacial score (nSPS) is 11.1. The second-order valence-electron chi connectivity index (χ2n) is 9.79. The number of para-hydroxylation sites is 1. The van der Waals surface area contributed by atoms with Crippen molar-refractivity contribution in [3.05, 3.63) is 164 Å². The highest BCUT2D eigenvalue weighted by atomic mass is 15.1. The topological polar surface area (TPSA) is 3.24 Å². The molecule has 0 saturated heterocycles. The first kappa shape index (κ1) is 23.0. The van der Waals surface area contributed by atoms with Gasteiger partial charge in [0, 0.05) is 16.9 Å². The number of hydrogen-bond acceptors (Lipinski definition) is 1. The standard InChI is InChI=1S/C38H27N/c1-3-13-28(14-4-1)31-18-11-21-33(27-31)39(32-19-5-2-6-20-32)37-26-25-30-16-8-10-23-35(30)38(37)36-24-12-17-29-15-7-9-22-34(29)36/h1-27H. The summed E-state index contributed by atoms with van der Waals surface area (Å²) in [4.78, 5) is 2.40. The molecule has 0 saturated carbocycles. The molecule has 0 radical (unpaired) electrons. The number of anilines is 3. The Balaban J connectivity index is 1.54. The van der Waals surface area contributed by atoms with E-state index in [4.69, 9.17) is 0 Å². The van der Waals surface area contributed by atoms with Crippen molar-refractivity contribution < 1.29 is 0 Å². The van der Waals surface area contributed by atoms with E-state index in [1.54, 1.807) is 0 Å². The first-order valence-electron chi connectivity index (χ1n) is 13.4. The highest BCUT2D eigenvalue weighted by molar-refractivity contribution is 6.11. The van der Waals surface area contributed by atoms with Crippen molar-refractivity contribution in [2.75, 3.05) is 4.90 Å². The summed E-state index contributed by atoms with van der Waals surface area (Å²) < 4.78 is 0. The summed E-state index contributed by atoms with van der Waals surface area (Å²) in [6.07, 6.45) is 0. The maximum Gasteiger partial charge on any atom is 0.0546 e. The molecule has 0 bridgehead atoms. The van der Waals surface area contributed by atoms with Crippen LogP contribution in [0.25, 0.3) is 43.8 Å². The molecule has 184 valence electrons. The Morgan fingerprint density at radius 2 is 0.923 bits per heavy atom. The van der Waals surface area contributed by atoms with Crippen molar-refractivity contribution in [3.8, 4) is 22.3 Å². The first-order chi connectivity index (χ1) is 19.4. The van der Waals surface area contributed by atoms with Crippen LogP contribution in [0.3, 0.4) is 0 Å².